The highest BCUT2D eigenvalue weighted by atomic mass is 32.2. The van der Waals surface area contributed by atoms with Crippen molar-refractivity contribution in [2.45, 2.75) is 19.3 Å². The lowest BCUT2D eigenvalue weighted by Gasteiger charge is -2.11. The number of hydrogen-bond acceptors (Lipinski definition) is 4. The van der Waals surface area contributed by atoms with E-state index in [9.17, 15) is 4.79 Å². The molecule has 0 aromatic heterocycles. The highest BCUT2D eigenvalue weighted by Gasteiger charge is 2.10. The van der Waals surface area contributed by atoms with Gasteiger partial charge >= 0.3 is 5.97 Å². The van der Waals surface area contributed by atoms with E-state index in [2.05, 4.69) is 0 Å². The second-order valence-electron chi connectivity index (χ2n) is 3.05. The van der Waals surface area contributed by atoms with Crippen molar-refractivity contribution in [1.82, 2.24) is 0 Å². The minimum Gasteiger partial charge on any atom is -0.448 e. The van der Waals surface area contributed by atoms with Crippen LogP contribution in [0.2, 0.25) is 0 Å². The van der Waals surface area contributed by atoms with Crippen molar-refractivity contribution in [3.63, 3.8) is 0 Å². The molecular formula is C11H15NO2S. The fourth-order valence-electron chi connectivity index (χ4n) is 1.11. The number of nitrogen functional groups attached to an aromatic ring is 1. The van der Waals surface area contributed by atoms with Crippen LogP contribution in [0.5, 0.6) is 0 Å². The minimum atomic E-state index is -0.302. The summed E-state index contributed by atoms with van der Waals surface area (Å²) >= 11 is 1.59. The first-order valence-electron chi connectivity index (χ1n) is 4.81. The molecule has 0 aliphatic rings. The highest BCUT2D eigenvalue weighted by Crippen LogP contribution is 2.14. The van der Waals surface area contributed by atoms with E-state index in [1.807, 2.05) is 13.8 Å². The third-order valence-corrected chi connectivity index (χ3v) is 2.72. The van der Waals surface area contributed by atoms with Crippen molar-refractivity contribution >= 4 is 23.4 Å². The molecule has 15 heavy (non-hydrogen) atoms. The number of hydrogen-bond donors (Lipinski definition) is 1. The number of carbonyl (C=O) groups is 1. The molecule has 0 aliphatic heterocycles. The van der Waals surface area contributed by atoms with Gasteiger partial charge in [-0.1, -0.05) is 6.92 Å². The molecule has 1 aromatic carbocycles. The van der Waals surface area contributed by atoms with Gasteiger partial charge in [-0.3, -0.25) is 0 Å². The molecule has 0 amide bonds. The van der Waals surface area contributed by atoms with Gasteiger partial charge in [-0.05, 0) is 36.9 Å². The zero-order valence-electron chi connectivity index (χ0n) is 8.90. The Kier molecular flexibility index (Phi) is 4.49. The zero-order chi connectivity index (χ0) is 11.3. The summed E-state index contributed by atoms with van der Waals surface area (Å²) in [6, 6.07) is 6.71. The van der Waals surface area contributed by atoms with Crippen LogP contribution < -0.4 is 5.73 Å². The minimum absolute atomic E-state index is 0.111. The van der Waals surface area contributed by atoms with E-state index in [1.165, 1.54) is 0 Å². The Morgan fingerprint density at radius 3 is 2.60 bits per heavy atom. The van der Waals surface area contributed by atoms with E-state index in [0.717, 1.165) is 5.75 Å². The quantitative estimate of drug-likeness (QED) is 0.486. The molecule has 0 bridgehead atoms. The van der Waals surface area contributed by atoms with Gasteiger partial charge in [-0.2, -0.15) is 0 Å². The number of esters is 1. The Balaban J connectivity index is 2.57. The predicted octanol–water partition coefficient (Wildman–Crippen LogP) is 2.52. The van der Waals surface area contributed by atoms with Crippen LogP contribution in [-0.2, 0) is 4.74 Å². The lowest BCUT2D eigenvalue weighted by atomic mass is 10.2. The van der Waals surface area contributed by atoms with E-state index in [-0.39, 0.29) is 11.4 Å². The summed E-state index contributed by atoms with van der Waals surface area (Å²) in [5.41, 5.74) is 6.58. The van der Waals surface area contributed by atoms with Crippen LogP contribution in [0.25, 0.3) is 0 Å². The summed E-state index contributed by atoms with van der Waals surface area (Å²) < 4.78 is 5.20. The molecule has 0 radical (unpaired) electrons. The molecule has 1 unspecified atom stereocenters. The first-order valence-corrected chi connectivity index (χ1v) is 5.86. The predicted molar refractivity (Wildman–Crippen MR) is 63.9 cm³/mol. The maximum absolute atomic E-state index is 11.6. The lowest BCUT2D eigenvalue weighted by Crippen LogP contribution is -2.12. The van der Waals surface area contributed by atoms with E-state index >= 15 is 0 Å². The van der Waals surface area contributed by atoms with Gasteiger partial charge in [0.2, 0.25) is 0 Å². The number of benzene rings is 1. The monoisotopic (exact) mass is 225 g/mol. The first-order chi connectivity index (χ1) is 7.13. The second kappa shape index (κ2) is 5.66. The summed E-state index contributed by atoms with van der Waals surface area (Å²) in [6.07, 6.45) is 0. The van der Waals surface area contributed by atoms with Crippen LogP contribution in [0.1, 0.15) is 24.2 Å². The van der Waals surface area contributed by atoms with E-state index < -0.39 is 0 Å². The van der Waals surface area contributed by atoms with Gasteiger partial charge in [0.15, 0.2) is 0 Å². The molecule has 3 nitrogen and oxygen atoms in total. The number of anilines is 1. The number of ether oxygens (including phenoxy) is 1. The number of thioether (sulfide) groups is 1. The molecule has 0 heterocycles. The van der Waals surface area contributed by atoms with Crippen molar-refractivity contribution in [3.8, 4) is 0 Å². The molecule has 0 fully saturated rings. The molecule has 1 aromatic rings. The third kappa shape index (κ3) is 3.83. The SMILES string of the molecule is CCSC(C)OC(=O)c1ccc(N)cc1. The van der Waals surface area contributed by atoms with Gasteiger partial charge in [0, 0.05) is 5.69 Å². The van der Waals surface area contributed by atoms with Crippen molar-refractivity contribution in [2.24, 2.45) is 0 Å². The summed E-state index contributed by atoms with van der Waals surface area (Å²) in [5, 5.41) is 0. The average Bonchev–Trinajstić information content (AvgIpc) is 2.18. The Bertz CT molecular complexity index is 324. The lowest BCUT2D eigenvalue weighted by molar-refractivity contribution is 0.0482. The summed E-state index contributed by atoms with van der Waals surface area (Å²) in [5.74, 6) is 0.624. The van der Waals surface area contributed by atoms with Crippen LogP contribution in [0, 0.1) is 0 Å². The van der Waals surface area contributed by atoms with Gasteiger partial charge in [0.05, 0.1) is 5.56 Å². The van der Waals surface area contributed by atoms with Crippen LogP contribution in [0.15, 0.2) is 24.3 Å². The Morgan fingerprint density at radius 2 is 2.07 bits per heavy atom. The fourth-order valence-corrected chi connectivity index (χ4v) is 1.73. The molecule has 2 N–H and O–H groups in total. The molecule has 0 spiro atoms. The van der Waals surface area contributed by atoms with Crippen molar-refractivity contribution in [2.75, 3.05) is 11.5 Å². The van der Waals surface area contributed by atoms with Gasteiger partial charge in [-0.15, -0.1) is 11.8 Å². The maximum Gasteiger partial charge on any atom is 0.339 e. The summed E-state index contributed by atoms with van der Waals surface area (Å²) in [6.45, 7) is 3.89. The van der Waals surface area contributed by atoms with Gasteiger partial charge in [0.25, 0.3) is 0 Å². The average molecular weight is 225 g/mol. The fraction of sp³-hybridized carbons (Fsp3) is 0.364. The number of nitrogens with two attached hydrogens (primary N) is 1. The molecule has 4 heteroatoms. The summed E-state index contributed by atoms with van der Waals surface area (Å²) in [7, 11) is 0. The van der Waals surface area contributed by atoms with Crippen LogP contribution in [0.4, 0.5) is 5.69 Å². The molecule has 82 valence electrons. The standard InChI is InChI=1S/C11H15NO2S/c1-3-15-8(2)14-11(13)9-4-6-10(12)7-5-9/h4-8H,3,12H2,1-2H3. The van der Waals surface area contributed by atoms with Gasteiger partial charge < -0.3 is 10.5 Å². The number of rotatable bonds is 4. The molecule has 1 atom stereocenters. The third-order valence-electron chi connectivity index (χ3n) is 1.82. The summed E-state index contributed by atoms with van der Waals surface area (Å²) in [4.78, 5) is 11.6. The Morgan fingerprint density at radius 1 is 1.47 bits per heavy atom. The normalized spacial score (nSPS) is 12.1. The van der Waals surface area contributed by atoms with Gasteiger partial charge in [-0.25, -0.2) is 4.79 Å². The van der Waals surface area contributed by atoms with E-state index in [1.54, 1.807) is 36.0 Å². The van der Waals surface area contributed by atoms with E-state index in [4.69, 9.17) is 10.5 Å². The molecule has 0 saturated carbocycles. The molecule has 1 rings (SSSR count). The van der Waals surface area contributed by atoms with Gasteiger partial charge in [0.1, 0.15) is 5.44 Å². The second-order valence-corrected chi connectivity index (χ2v) is 4.62. The smallest absolute Gasteiger partial charge is 0.339 e. The van der Waals surface area contributed by atoms with Crippen molar-refractivity contribution < 1.29 is 9.53 Å². The van der Waals surface area contributed by atoms with Crippen LogP contribution in [-0.4, -0.2) is 17.2 Å². The Labute approximate surface area is 94.0 Å². The zero-order valence-corrected chi connectivity index (χ0v) is 9.71. The maximum atomic E-state index is 11.6. The van der Waals surface area contributed by atoms with Crippen LogP contribution >= 0.6 is 11.8 Å². The Hall–Kier alpha value is -1.16. The van der Waals surface area contributed by atoms with E-state index in [0.29, 0.717) is 11.3 Å². The molecule has 0 saturated heterocycles. The van der Waals surface area contributed by atoms with Crippen molar-refractivity contribution in [3.05, 3.63) is 29.8 Å². The largest absolute Gasteiger partial charge is 0.448 e. The molecular weight excluding hydrogens is 210 g/mol. The number of carbonyl (C=O) groups excluding carboxylic acids is 1. The molecule has 0 aliphatic carbocycles. The topological polar surface area (TPSA) is 52.3 Å². The van der Waals surface area contributed by atoms with Crippen molar-refractivity contribution in [1.29, 1.82) is 0 Å². The first kappa shape index (κ1) is 11.9. The highest BCUT2D eigenvalue weighted by molar-refractivity contribution is 7.99. The van der Waals surface area contributed by atoms with Crippen LogP contribution in [0.3, 0.4) is 0 Å².